The molecule has 2 N–H and O–H groups in total. The summed E-state index contributed by atoms with van der Waals surface area (Å²) in [6, 6.07) is 0. The fourth-order valence-corrected chi connectivity index (χ4v) is 1.06. The van der Waals surface area contributed by atoms with Crippen LogP contribution < -0.4 is 5.73 Å². The first-order chi connectivity index (χ1) is 2.43. The van der Waals surface area contributed by atoms with Crippen LogP contribution in [0, 0.1) is 0 Å². The highest BCUT2D eigenvalue weighted by Crippen LogP contribution is 2.52. The summed E-state index contributed by atoms with van der Waals surface area (Å²) < 4.78 is 0.745. The molecule has 0 unspecified atom stereocenters. The molecule has 1 heterocycles. The molecule has 0 atom stereocenters. The van der Waals surface area contributed by atoms with Gasteiger partial charge in [0.15, 0.2) is 0 Å². The van der Waals surface area contributed by atoms with Gasteiger partial charge in [0.2, 0.25) is 0 Å². The summed E-state index contributed by atoms with van der Waals surface area (Å²) in [5.74, 6) is 0. The van der Waals surface area contributed by atoms with E-state index in [1.54, 1.807) is 0 Å². The first kappa shape index (κ1) is 3.84. The Balaban J connectivity index is 2.00. The van der Waals surface area contributed by atoms with E-state index in [0.717, 1.165) is 11.1 Å². The minimum atomic E-state index is 0.745. The van der Waals surface area contributed by atoms with E-state index in [1.807, 2.05) is 21.6 Å². The standard InChI is InChI=1S/C2H5NS2/c3-1-2-4-5-2/h2H,1,3H2. The third-order valence-electron chi connectivity index (χ3n) is 0.425. The van der Waals surface area contributed by atoms with Crippen molar-refractivity contribution in [1.29, 1.82) is 0 Å². The normalized spacial score (nSPS) is 23.4. The zero-order valence-electron chi connectivity index (χ0n) is 2.68. The number of hydrogen-bond donors (Lipinski definition) is 1. The van der Waals surface area contributed by atoms with Gasteiger partial charge >= 0.3 is 0 Å². The minimum absolute atomic E-state index is 0.745. The van der Waals surface area contributed by atoms with E-state index in [4.69, 9.17) is 5.73 Å². The van der Waals surface area contributed by atoms with E-state index in [-0.39, 0.29) is 0 Å². The highest BCUT2D eigenvalue weighted by atomic mass is 33.2. The number of nitrogens with two attached hydrogens (primary N) is 1. The third-order valence-corrected chi connectivity index (χ3v) is 2.67. The van der Waals surface area contributed by atoms with Gasteiger partial charge in [0.25, 0.3) is 0 Å². The van der Waals surface area contributed by atoms with Crippen LogP contribution in [0.1, 0.15) is 0 Å². The van der Waals surface area contributed by atoms with Crippen molar-refractivity contribution >= 4 is 21.6 Å². The second-order valence-corrected chi connectivity index (χ2v) is 3.83. The van der Waals surface area contributed by atoms with E-state index in [2.05, 4.69) is 0 Å². The molecule has 0 aromatic carbocycles. The molecule has 0 saturated carbocycles. The van der Waals surface area contributed by atoms with Crippen LogP contribution in [0.3, 0.4) is 0 Å². The van der Waals surface area contributed by atoms with Crippen LogP contribution in [-0.4, -0.2) is 11.1 Å². The molecule has 0 aromatic heterocycles. The molecule has 1 aliphatic heterocycles. The maximum Gasteiger partial charge on any atom is 0.0832 e. The number of rotatable bonds is 1. The Bertz CT molecular complexity index is 34.6. The Hall–Kier alpha value is 0.660. The van der Waals surface area contributed by atoms with Gasteiger partial charge in [-0.15, -0.1) is 0 Å². The van der Waals surface area contributed by atoms with E-state index in [1.165, 1.54) is 0 Å². The first-order valence-corrected chi connectivity index (χ1v) is 3.73. The van der Waals surface area contributed by atoms with Crippen molar-refractivity contribution in [2.24, 2.45) is 5.73 Å². The van der Waals surface area contributed by atoms with Crippen LogP contribution >= 0.6 is 21.6 Å². The largest absolute Gasteiger partial charge is 0.328 e. The molecule has 1 fully saturated rings. The molecular formula is C2H5NS2. The second-order valence-electron chi connectivity index (χ2n) is 0.858. The van der Waals surface area contributed by atoms with Gasteiger partial charge < -0.3 is 5.73 Å². The van der Waals surface area contributed by atoms with Crippen LogP contribution in [-0.2, 0) is 0 Å². The molecular weight excluding hydrogens is 102 g/mol. The lowest BCUT2D eigenvalue weighted by atomic mass is 10.8. The zero-order valence-corrected chi connectivity index (χ0v) is 4.31. The Labute approximate surface area is 39.1 Å². The summed E-state index contributed by atoms with van der Waals surface area (Å²) in [6.45, 7) is 0.843. The molecule has 0 radical (unpaired) electrons. The summed E-state index contributed by atoms with van der Waals surface area (Å²) in [6.07, 6.45) is 0. The molecule has 1 rings (SSSR count). The molecule has 1 nitrogen and oxygen atoms in total. The monoisotopic (exact) mass is 107 g/mol. The van der Waals surface area contributed by atoms with E-state index in [0.29, 0.717) is 0 Å². The van der Waals surface area contributed by atoms with Crippen molar-refractivity contribution in [1.82, 2.24) is 0 Å². The molecule has 0 bridgehead atoms. The van der Waals surface area contributed by atoms with Crippen molar-refractivity contribution in [3.05, 3.63) is 0 Å². The Morgan fingerprint density at radius 2 is 2.20 bits per heavy atom. The van der Waals surface area contributed by atoms with E-state index in [9.17, 15) is 0 Å². The van der Waals surface area contributed by atoms with Crippen LogP contribution in [0.2, 0.25) is 0 Å². The Kier molecular flexibility index (Phi) is 1.08. The second kappa shape index (κ2) is 1.41. The minimum Gasteiger partial charge on any atom is -0.328 e. The van der Waals surface area contributed by atoms with Crippen LogP contribution in [0.25, 0.3) is 0 Å². The molecule has 0 spiro atoms. The fraction of sp³-hybridized carbons (Fsp3) is 1.00. The smallest absolute Gasteiger partial charge is 0.0832 e. The molecule has 0 amide bonds. The SMILES string of the molecule is NCC1SS1. The molecule has 1 aliphatic rings. The summed E-state index contributed by atoms with van der Waals surface area (Å²) in [5, 5.41) is 0. The Morgan fingerprint density at radius 1 is 1.60 bits per heavy atom. The van der Waals surface area contributed by atoms with Crippen molar-refractivity contribution in [2.75, 3.05) is 6.54 Å². The quantitative estimate of drug-likeness (QED) is 0.394. The van der Waals surface area contributed by atoms with Crippen molar-refractivity contribution in [3.63, 3.8) is 0 Å². The van der Waals surface area contributed by atoms with Gasteiger partial charge in [0.1, 0.15) is 0 Å². The van der Waals surface area contributed by atoms with Gasteiger partial charge in [-0.05, 0) is 0 Å². The predicted molar refractivity (Wildman–Crippen MR) is 28.0 cm³/mol. The highest BCUT2D eigenvalue weighted by Gasteiger charge is 2.20. The first-order valence-electron chi connectivity index (χ1n) is 1.45. The average molecular weight is 107 g/mol. The fourth-order valence-electron chi connectivity index (χ4n) is 0.118. The molecule has 1 saturated heterocycles. The van der Waals surface area contributed by atoms with Crippen LogP contribution in [0.4, 0.5) is 0 Å². The third kappa shape index (κ3) is 1.03. The van der Waals surface area contributed by atoms with E-state index >= 15 is 0 Å². The van der Waals surface area contributed by atoms with Crippen molar-refractivity contribution in [3.8, 4) is 0 Å². The maximum absolute atomic E-state index is 5.19. The van der Waals surface area contributed by atoms with Gasteiger partial charge in [0.05, 0.1) is 4.58 Å². The lowest BCUT2D eigenvalue weighted by Gasteiger charge is -1.70. The molecule has 0 aliphatic carbocycles. The van der Waals surface area contributed by atoms with Gasteiger partial charge in [-0.3, -0.25) is 0 Å². The zero-order chi connectivity index (χ0) is 3.70. The van der Waals surface area contributed by atoms with Crippen LogP contribution in [0.15, 0.2) is 0 Å². The van der Waals surface area contributed by atoms with Gasteiger partial charge in [-0.2, -0.15) is 0 Å². The summed E-state index contributed by atoms with van der Waals surface area (Å²) >= 11 is 0. The number of hydrogen-bond acceptors (Lipinski definition) is 3. The summed E-state index contributed by atoms with van der Waals surface area (Å²) in [5.41, 5.74) is 5.19. The van der Waals surface area contributed by atoms with Crippen molar-refractivity contribution < 1.29 is 0 Å². The molecule has 3 heteroatoms. The maximum atomic E-state index is 5.19. The summed E-state index contributed by atoms with van der Waals surface area (Å²) in [7, 11) is 3.72. The molecule has 5 heavy (non-hydrogen) atoms. The topological polar surface area (TPSA) is 26.0 Å². The molecule has 30 valence electrons. The van der Waals surface area contributed by atoms with Gasteiger partial charge in [-0.25, -0.2) is 0 Å². The van der Waals surface area contributed by atoms with Gasteiger partial charge in [-0.1, -0.05) is 21.6 Å². The lowest BCUT2D eigenvalue weighted by molar-refractivity contribution is 1.13. The van der Waals surface area contributed by atoms with Crippen LogP contribution in [0.5, 0.6) is 0 Å². The highest BCUT2D eigenvalue weighted by molar-refractivity contribution is 8.92. The predicted octanol–water partition coefficient (Wildman–Crippen LogP) is 0.666. The van der Waals surface area contributed by atoms with Gasteiger partial charge in [0, 0.05) is 6.54 Å². The van der Waals surface area contributed by atoms with Crippen molar-refractivity contribution in [2.45, 2.75) is 4.58 Å². The summed E-state index contributed by atoms with van der Waals surface area (Å²) in [4.78, 5) is 0. The lowest BCUT2D eigenvalue weighted by Crippen LogP contribution is -2.01. The Morgan fingerprint density at radius 3 is 2.20 bits per heavy atom. The average Bonchev–Trinajstić information content (AvgIpc) is 2.12. The van der Waals surface area contributed by atoms with E-state index < -0.39 is 0 Å². The molecule has 0 aromatic rings.